The quantitative estimate of drug-likeness (QED) is 0.284. The van der Waals surface area contributed by atoms with Crippen LogP contribution in [0, 0.1) is 11.2 Å². The average Bonchev–Trinajstić information content (AvgIpc) is 2.84. The van der Waals surface area contributed by atoms with Crippen molar-refractivity contribution in [3.05, 3.63) is 75.5 Å². The second-order valence-electron chi connectivity index (χ2n) is 10.1. The normalized spacial score (nSPS) is 12.3. The maximum atomic E-state index is 14.5. The predicted molar refractivity (Wildman–Crippen MR) is 143 cm³/mol. The first-order chi connectivity index (χ1) is 17.4. The maximum absolute atomic E-state index is 14.5. The van der Waals surface area contributed by atoms with Gasteiger partial charge in [-0.1, -0.05) is 52.0 Å². The molecule has 1 aromatic heterocycles. The SMILES string of the molecule is CC(C)NCCS(=O)(=O)NCC(C)(C)CNC(=O)c1cc(Cc2n[nH]c(=O)c3ccccc23)ccc1F. The lowest BCUT2D eigenvalue weighted by atomic mass is 9.93. The van der Waals surface area contributed by atoms with Crippen LogP contribution in [-0.2, 0) is 16.4 Å². The zero-order valence-electron chi connectivity index (χ0n) is 21.5. The molecular weight excluding hydrogens is 497 g/mol. The van der Waals surface area contributed by atoms with E-state index in [2.05, 4.69) is 25.6 Å². The van der Waals surface area contributed by atoms with E-state index in [0.717, 1.165) is 0 Å². The first-order valence-corrected chi connectivity index (χ1v) is 13.8. The highest BCUT2D eigenvalue weighted by Crippen LogP contribution is 2.19. The number of sulfonamides is 1. The van der Waals surface area contributed by atoms with Crippen LogP contribution < -0.4 is 20.9 Å². The summed E-state index contributed by atoms with van der Waals surface area (Å²) in [4.78, 5) is 24.9. The topological polar surface area (TPSA) is 133 Å². The largest absolute Gasteiger partial charge is 0.351 e. The van der Waals surface area contributed by atoms with E-state index in [-0.39, 0.29) is 42.4 Å². The molecule has 1 heterocycles. The Balaban J connectivity index is 1.64. The van der Waals surface area contributed by atoms with Crippen LogP contribution in [0.25, 0.3) is 10.8 Å². The number of carbonyl (C=O) groups is 1. The fourth-order valence-electron chi connectivity index (χ4n) is 3.69. The number of fused-ring (bicyclic) bond motifs is 1. The van der Waals surface area contributed by atoms with E-state index in [4.69, 9.17) is 0 Å². The second-order valence-corrected chi connectivity index (χ2v) is 12.1. The Labute approximate surface area is 216 Å². The van der Waals surface area contributed by atoms with Crippen LogP contribution >= 0.6 is 0 Å². The fourth-order valence-corrected chi connectivity index (χ4v) is 4.83. The molecule has 2 aromatic carbocycles. The lowest BCUT2D eigenvalue weighted by Crippen LogP contribution is -2.43. The van der Waals surface area contributed by atoms with Gasteiger partial charge in [0.1, 0.15) is 5.82 Å². The van der Waals surface area contributed by atoms with Gasteiger partial charge in [0.25, 0.3) is 11.5 Å². The number of benzene rings is 2. The van der Waals surface area contributed by atoms with E-state index < -0.39 is 27.2 Å². The van der Waals surface area contributed by atoms with Crippen molar-refractivity contribution in [1.82, 2.24) is 25.6 Å². The van der Waals surface area contributed by atoms with Gasteiger partial charge in [0, 0.05) is 37.5 Å². The van der Waals surface area contributed by atoms with Crippen LogP contribution in [-0.4, -0.2) is 56.0 Å². The Morgan fingerprint density at radius 2 is 1.81 bits per heavy atom. The summed E-state index contributed by atoms with van der Waals surface area (Å²) in [5.74, 6) is -1.32. The van der Waals surface area contributed by atoms with E-state index in [1.54, 1.807) is 30.3 Å². The molecule has 0 atom stereocenters. The van der Waals surface area contributed by atoms with Gasteiger partial charge in [0.05, 0.1) is 22.4 Å². The molecule has 0 aliphatic rings. The molecule has 9 nitrogen and oxygen atoms in total. The molecule has 0 saturated heterocycles. The minimum atomic E-state index is -3.47. The van der Waals surface area contributed by atoms with Crippen LogP contribution in [0.3, 0.4) is 0 Å². The van der Waals surface area contributed by atoms with E-state index in [0.29, 0.717) is 28.6 Å². The van der Waals surface area contributed by atoms with Crippen molar-refractivity contribution in [2.45, 2.75) is 40.2 Å². The van der Waals surface area contributed by atoms with Crippen molar-refractivity contribution in [3.8, 4) is 0 Å². The van der Waals surface area contributed by atoms with E-state index in [1.807, 2.05) is 27.7 Å². The highest BCUT2D eigenvalue weighted by molar-refractivity contribution is 7.89. The van der Waals surface area contributed by atoms with Gasteiger partial charge in [0.15, 0.2) is 0 Å². The van der Waals surface area contributed by atoms with Gasteiger partial charge < -0.3 is 10.6 Å². The van der Waals surface area contributed by atoms with Crippen molar-refractivity contribution < 1.29 is 17.6 Å². The number of nitrogens with zero attached hydrogens (tertiary/aromatic N) is 1. The number of amides is 1. The Bertz CT molecular complexity index is 1420. The number of rotatable bonds is 12. The molecule has 0 fully saturated rings. The van der Waals surface area contributed by atoms with Gasteiger partial charge in [-0.3, -0.25) is 9.59 Å². The molecule has 0 saturated carbocycles. The van der Waals surface area contributed by atoms with E-state index >= 15 is 0 Å². The number of aromatic nitrogens is 2. The average molecular weight is 532 g/mol. The van der Waals surface area contributed by atoms with Gasteiger partial charge in [-0.05, 0) is 29.2 Å². The third-order valence-electron chi connectivity index (χ3n) is 5.84. The number of carbonyl (C=O) groups excluding carboxylic acids is 1. The van der Waals surface area contributed by atoms with E-state index in [9.17, 15) is 22.4 Å². The van der Waals surface area contributed by atoms with Crippen LogP contribution in [0.15, 0.2) is 47.3 Å². The van der Waals surface area contributed by atoms with Gasteiger partial charge in [-0.25, -0.2) is 22.6 Å². The van der Waals surface area contributed by atoms with Gasteiger partial charge in [0.2, 0.25) is 10.0 Å². The van der Waals surface area contributed by atoms with Crippen molar-refractivity contribution in [1.29, 1.82) is 0 Å². The first kappa shape index (κ1) is 28.4. The minimum Gasteiger partial charge on any atom is -0.351 e. The molecule has 3 aromatic rings. The summed E-state index contributed by atoms with van der Waals surface area (Å²) in [6.07, 6.45) is 0.288. The van der Waals surface area contributed by atoms with Gasteiger partial charge in [-0.15, -0.1) is 0 Å². The molecule has 0 unspecified atom stereocenters. The molecule has 0 aliphatic carbocycles. The highest BCUT2D eigenvalue weighted by atomic mass is 32.2. The molecule has 11 heteroatoms. The number of hydrogen-bond acceptors (Lipinski definition) is 6. The molecular formula is C26H34FN5O4S. The molecule has 0 aliphatic heterocycles. The molecule has 200 valence electrons. The summed E-state index contributed by atoms with van der Waals surface area (Å²) in [6.45, 7) is 8.08. The molecule has 37 heavy (non-hydrogen) atoms. The fraction of sp³-hybridized carbons (Fsp3) is 0.423. The first-order valence-electron chi connectivity index (χ1n) is 12.1. The summed E-state index contributed by atoms with van der Waals surface area (Å²) in [7, 11) is -3.47. The Morgan fingerprint density at radius 3 is 2.51 bits per heavy atom. The van der Waals surface area contributed by atoms with Crippen molar-refractivity contribution in [3.63, 3.8) is 0 Å². The van der Waals surface area contributed by atoms with E-state index in [1.165, 1.54) is 12.1 Å². The minimum absolute atomic E-state index is 0.0505. The maximum Gasteiger partial charge on any atom is 0.272 e. The number of hydrogen-bond donors (Lipinski definition) is 4. The molecule has 0 radical (unpaired) electrons. The summed E-state index contributed by atoms with van der Waals surface area (Å²) in [5, 5.41) is 13.6. The summed E-state index contributed by atoms with van der Waals surface area (Å²) in [6, 6.07) is 11.5. The smallest absolute Gasteiger partial charge is 0.272 e. The molecule has 1 amide bonds. The standard InChI is InChI=1S/C26H34FN5O4S/c1-17(2)28-11-12-37(35,36)30-16-26(3,4)15-29-24(33)21-13-18(9-10-22(21)27)14-23-19-7-5-6-8-20(19)25(34)32-31-23/h5-10,13,17,28,30H,11-12,14-16H2,1-4H3,(H,29,33)(H,32,34). The van der Waals surface area contributed by atoms with Crippen molar-refractivity contribution >= 4 is 26.7 Å². The van der Waals surface area contributed by atoms with Crippen LogP contribution in [0.2, 0.25) is 0 Å². The summed E-state index contributed by atoms with van der Waals surface area (Å²) in [5.41, 5.74) is 0.225. The number of halogens is 1. The van der Waals surface area contributed by atoms with Gasteiger partial charge in [-0.2, -0.15) is 5.10 Å². The van der Waals surface area contributed by atoms with Crippen LogP contribution in [0.1, 0.15) is 49.3 Å². The summed E-state index contributed by atoms with van der Waals surface area (Å²) >= 11 is 0. The highest BCUT2D eigenvalue weighted by Gasteiger charge is 2.23. The molecule has 0 spiro atoms. The number of nitrogens with one attached hydrogen (secondary N) is 4. The lowest BCUT2D eigenvalue weighted by Gasteiger charge is -2.25. The molecule has 0 bridgehead atoms. The monoisotopic (exact) mass is 531 g/mol. The summed E-state index contributed by atoms with van der Waals surface area (Å²) < 4.78 is 41.6. The van der Waals surface area contributed by atoms with Crippen LogP contribution in [0.5, 0.6) is 0 Å². The molecule has 4 N–H and O–H groups in total. The Kier molecular flexibility index (Phi) is 9.16. The Hall–Kier alpha value is -3.15. The number of H-pyrrole nitrogens is 1. The lowest BCUT2D eigenvalue weighted by molar-refractivity contribution is 0.0933. The third-order valence-corrected chi connectivity index (χ3v) is 7.17. The second kappa shape index (κ2) is 11.9. The zero-order valence-corrected chi connectivity index (χ0v) is 22.3. The van der Waals surface area contributed by atoms with Crippen molar-refractivity contribution in [2.75, 3.05) is 25.4 Å². The Morgan fingerprint density at radius 1 is 1.11 bits per heavy atom. The predicted octanol–water partition coefficient (Wildman–Crippen LogP) is 2.33. The van der Waals surface area contributed by atoms with Crippen molar-refractivity contribution in [2.24, 2.45) is 5.41 Å². The third kappa shape index (κ3) is 8.17. The molecule has 3 rings (SSSR count). The van der Waals surface area contributed by atoms with Gasteiger partial charge >= 0.3 is 0 Å². The zero-order chi connectivity index (χ0) is 27.2. The number of aromatic amines is 1. The van der Waals surface area contributed by atoms with Crippen LogP contribution in [0.4, 0.5) is 4.39 Å².